The zero-order chi connectivity index (χ0) is 25.9. The highest BCUT2D eigenvalue weighted by Crippen LogP contribution is 2.39. The Labute approximate surface area is 214 Å². The zero-order valence-corrected chi connectivity index (χ0v) is 20.9. The molecule has 36 heavy (non-hydrogen) atoms. The first-order valence-corrected chi connectivity index (χ1v) is 12.5. The summed E-state index contributed by atoms with van der Waals surface area (Å²) in [6.45, 7) is 4.97. The highest BCUT2D eigenvalue weighted by Gasteiger charge is 2.32. The molecule has 4 rings (SSSR count). The molecule has 1 atom stereocenters. The molecule has 0 saturated carbocycles. The Bertz CT molecular complexity index is 1050. The number of thioether (sulfide) groups is 1. The number of morpholine rings is 1. The number of methoxy groups -OCH3 is 1. The molecule has 10 heteroatoms. The van der Waals surface area contributed by atoms with E-state index in [2.05, 4.69) is 17.0 Å². The molecule has 0 bridgehead atoms. The van der Waals surface area contributed by atoms with Crippen molar-refractivity contribution in [2.24, 2.45) is 0 Å². The van der Waals surface area contributed by atoms with Crippen LogP contribution >= 0.6 is 11.8 Å². The van der Waals surface area contributed by atoms with E-state index in [0.29, 0.717) is 18.7 Å². The van der Waals surface area contributed by atoms with E-state index in [1.54, 1.807) is 18.9 Å². The Morgan fingerprint density at radius 3 is 2.28 bits per heavy atom. The van der Waals surface area contributed by atoms with Crippen molar-refractivity contribution in [1.29, 1.82) is 0 Å². The van der Waals surface area contributed by atoms with Crippen LogP contribution in [0.15, 0.2) is 65.6 Å². The van der Waals surface area contributed by atoms with Gasteiger partial charge >= 0.3 is 11.9 Å². The van der Waals surface area contributed by atoms with Crippen molar-refractivity contribution in [2.75, 3.05) is 57.2 Å². The number of ether oxygens (including phenoxy) is 2. The Morgan fingerprint density at radius 1 is 1.03 bits per heavy atom. The molecule has 0 aromatic heterocycles. The molecule has 2 N–H and O–H groups in total. The number of amides is 1. The lowest BCUT2D eigenvalue weighted by molar-refractivity contribution is -0.134. The van der Waals surface area contributed by atoms with E-state index < -0.39 is 11.9 Å². The number of hydrogen-bond donors (Lipinski definition) is 2. The highest BCUT2D eigenvalue weighted by atomic mass is 32.2. The molecule has 0 spiro atoms. The molecule has 2 aliphatic rings. The molecular weight excluding hydrogens is 484 g/mol. The molecule has 1 saturated heterocycles. The van der Waals surface area contributed by atoms with Gasteiger partial charge in [0.25, 0.3) is 0 Å². The minimum atomic E-state index is -1.26. The van der Waals surface area contributed by atoms with Gasteiger partial charge in [0.1, 0.15) is 5.75 Å². The summed E-state index contributed by atoms with van der Waals surface area (Å²) in [5.74, 6) is -0.940. The number of carboxylic acid groups (broad SMARTS) is 2. The molecule has 0 radical (unpaired) electrons. The number of fused-ring (bicyclic) bond motifs is 1. The molecule has 1 unspecified atom stereocenters. The standard InChI is InChI=1S/C22H26N2O3S.C4H4O4/c1-26-18-8-6-17(7-9-18)19-16-28-21-5-3-2-4-20(21)24(22(19)25)11-10-23-12-14-27-15-13-23;5-3(6)1-2-4(7)8/h2-9,19H,10-16H2,1H3;1-2H,(H,5,6)(H,7,8). The number of aliphatic carboxylic acids is 2. The van der Waals surface area contributed by atoms with E-state index in [9.17, 15) is 14.4 Å². The van der Waals surface area contributed by atoms with Crippen LogP contribution in [0.5, 0.6) is 5.75 Å². The van der Waals surface area contributed by atoms with Crippen molar-refractivity contribution in [3.05, 3.63) is 66.2 Å². The lowest BCUT2D eigenvalue weighted by atomic mass is 9.99. The van der Waals surface area contributed by atoms with Gasteiger partial charge in [0.2, 0.25) is 5.91 Å². The number of hydrogen-bond acceptors (Lipinski definition) is 7. The second kappa shape index (κ2) is 13.7. The average Bonchev–Trinajstić information content (AvgIpc) is 3.03. The summed E-state index contributed by atoms with van der Waals surface area (Å²) in [6, 6.07) is 16.1. The number of rotatable bonds is 7. The van der Waals surface area contributed by atoms with E-state index in [1.807, 2.05) is 41.3 Å². The largest absolute Gasteiger partial charge is 0.497 e. The van der Waals surface area contributed by atoms with Gasteiger partial charge in [-0.25, -0.2) is 9.59 Å². The average molecular weight is 515 g/mol. The number of carbonyl (C=O) groups excluding carboxylic acids is 1. The first-order valence-electron chi connectivity index (χ1n) is 11.5. The van der Waals surface area contributed by atoms with Gasteiger partial charge in [0.15, 0.2) is 0 Å². The fourth-order valence-corrected chi connectivity index (χ4v) is 5.05. The van der Waals surface area contributed by atoms with Crippen LogP contribution < -0.4 is 9.64 Å². The maximum absolute atomic E-state index is 13.6. The van der Waals surface area contributed by atoms with Gasteiger partial charge < -0.3 is 24.6 Å². The predicted molar refractivity (Wildman–Crippen MR) is 137 cm³/mol. The number of para-hydroxylation sites is 1. The quantitative estimate of drug-likeness (QED) is 0.538. The number of carbonyl (C=O) groups is 3. The third-order valence-corrected chi connectivity index (χ3v) is 6.91. The second-order valence-electron chi connectivity index (χ2n) is 8.06. The summed E-state index contributed by atoms with van der Waals surface area (Å²) in [5, 5.41) is 15.6. The minimum absolute atomic E-state index is 0.159. The molecule has 2 aromatic carbocycles. The predicted octanol–water partition coefficient (Wildman–Crippen LogP) is 2.96. The monoisotopic (exact) mass is 514 g/mol. The molecule has 2 heterocycles. The molecule has 0 aliphatic carbocycles. The van der Waals surface area contributed by atoms with Gasteiger partial charge in [-0.05, 0) is 29.8 Å². The minimum Gasteiger partial charge on any atom is -0.497 e. The summed E-state index contributed by atoms with van der Waals surface area (Å²) in [6.07, 6.45) is 1.12. The molecule has 192 valence electrons. The van der Waals surface area contributed by atoms with Gasteiger partial charge in [-0.3, -0.25) is 9.69 Å². The van der Waals surface area contributed by atoms with Crippen molar-refractivity contribution in [2.45, 2.75) is 10.8 Å². The Balaban J connectivity index is 0.000000392. The van der Waals surface area contributed by atoms with Crippen LogP contribution in [0.25, 0.3) is 0 Å². The Morgan fingerprint density at radius 2 is 1.67 bits per heavy atom. The SMILES string of the molecule is COc1ccc(C2CSc3ccccc3N(CCN3CCOCC3)C2=O)cc1.O=C(O)C=CC(=O)O. The highest BCUT2D eigenvalue weighted by molar-refractivity contribution is 7.99. The fraction of sp³-hybridized carbons (Fsp3) is 0.346. The first kappa shape index (κ1) is 27.3. The number of anilines is 1. The van der Waals surface area contributed by atoms with Crippen LogP contribution in [0.1, 0.15) is 11.5 Å². The van der Waals surface area contributed by atoms with Crippen LogP contribution in [0.2, 0.25) is 0 Å². The number of benzene rings is 2. The molecule has 1 fully saturated rings. The lowest BCUT2D eigenvalue weighted by Gasteiger charge is -2.31. The van der Waals surface area contributed by atoms with E-state index in [4.69, 9.17) is 19.7 Å². The van der Waals surface area contributed by atoms with Gasteiger partial charge in [-0.15, -0.1) is 11.8 Å². The fourth-order valence-electron chi connectivity index (χ4n) is 3.87. The van der Waals surface area contributed by atoms with E-state index in [0.717, 1.165) is 55.6 Å². The Hall–Kier alpha value is -3.34. The van der Waals surface area contributed by atoms with E-state index in [1.165, 1.54) is 4.90 Å². The summed E-state index contributed by atoms with van der Waals surface area (Å²) in [5.41, 5.74) is 2.07. The summed E-state index contributed by atoms with van der Waals surface area (Å²) in [7, 11) is 1.66. The maximum Gasteiger partial charge on any atom is 0.328 e. The van der Waals surface area contributed by atoms with Crippen LogP contribution in [-0.2, 0) is 19.1 Å². The van der Waals surface area contributed by atoms with Gasteiger partial charge in [0, 0.05) is 49.0 Å². The van der Waals surface area contributed by atoms with Gasteiger partial charge in [0.05, 0.1) is 31.9 Å². The van der Waals surface area contributed by atoms with Crippen LogP contribution in [0, 0.1) is 0 Å². The zero-order valence-electron chi connectivity index (χ0n) is 20.0. The summed E-state index contributed by atoms with van der Waals surface area (Å²) >= 11 is 1.76. The maximum atomic E-state index is 13.6. The third-order valence-electron chi connectivity index (χ3n) is 5.76. The third kappa shape index (κ3) is 7.84. The van der Waals surface area contributed by atoms with Gasteiger partial charge in [-0.2, -0.15) is 0 Å². The Kier molecular flexibility index (Phi) is 10.3. The van der Waals surface area contributed by atoms with E-state index in [-0.39, 0.29) is 11.8 Å². The smallest absolute Gasteiger partial charge is 0.328 e. The van der Waals surface area contributed by atoms with Crippen molar-refractivity contribution in [3.63, 3.8) is 0 Å². The van der Waals surface area contributed by atoms with Crippen LogP contribution in [-0.4, -0.2) is 85.2 Å². The van der Waals surface area contributed by atoms with Crippen molar-refractivity contribution in [3.8, 4) is 5.75 Å². The number of carboxylic acids is 2. The van der Waals surface area contributed by atoms with Crippen LogP contribution in [0.3, 0.4) is 0 Å². The summed E-state index contributed by atoms with van der Waals surface area (Å²) < 4.78 is 10.7. The lowest BCUT2D eigenvalue weighted by Crippen LogP contribution is -2.44. The van der Waals surface area contributed by atoms with Crippen LogP contribution in [0.4, 0.5) is 5.69 Å². The van der Waals surface area contributed by atoms with Crippen molar-refractivity contribution >= 4 is 35.3 Å². The van der Waals surface area contributed by atoms with E-state index >= 15 is 0 Å². The topological polar surface area (TPSA) is 117 Å². The van der Waals surface area contributed by atoms with Gasteiger partial charge in [-0.1, -0.05) is 24.3 Å². The number of nitrogens with zero attached hydrogens (tertiary/aromatic N) is 2. The van der Waals surface area contributed by atoms with Crippen molar-refractivity contribution < 1.29 is 34.1 Å². The van der Waals surface area contributed by atoms with Crippen molar-refractivity contribution in [1.82, 2.24) is 4.90 Å². The normalized spacial score (nSPS) is 18.1. The first-order chi connectivity index (χ1) is 17.4. The molecular formula is C26H30N2O7S. The molecule has 9 nitrogen and oxygen atoms in total. The molecule has 2 aromatic rings. The molecule has 2 aliphatic heterocycles. The second-order valence-corrected chi connectivity index (χ2v) is 9.12. The molecule has 1 amide bonds. The summed E-state index contributed by atoms with van der Waals surface area (Å²) in [4.78, 5) is 38.2.